The van der Waals surface area contributed by atoms with Crippen molar-refractivity contribution in [2.75, 3.05) is 30.9 Å². The maximum Gasteiger partial charge on any atom is 0.296 e. The van der Waals surface area contributed by atoms with Gasteiger partial charge in [0.05, 0.1) is 23.2 Å². The lowest BCUT2D eigenvalue weighted by Gasteiger charge is -2.11. The molecule has 0 saturated carbocycles. The van der Waals surface area contributed by atoms with Gasteiger partial charge in [0.15, 0.2) is 0 Å². The Bertz CT molecular complexity index is 744. The van der Waals surface area contributed by atoms with Gasteiger partial charge >= 0.3 is 0 Å². The van der Waals surface area contributed by atoms with Crippen LogP contribution in [0.25, 0.3) is 0 Å². The molecule has 0 atom stereocenters. The molecule has 0 spiro atoms. The second-order valence-corrected chi connectivity index (χ2v) is 5.12. The number of rotatable bonds is 6. The summed E-state index contributed by atoms with van der Waals surface area (Å²) in [4.78, 5) is 28.8. The molecule has 2 aromatic rings. The van der Waals surface area contributed by atoms with Gasteiger partial charge in [-0.05, 0) is 31.2 Å². The van der Waals surface area contributed by atoms with Crippen LogP contribution in [-0.2, 0) is 0 Å². The van der Waals surface area contributed by atoms with Gasteiger partial charge in [0.2, 0.25) is 0 Å². The standard InChI is InChI=1S/C16H18N4O4/c1-4-24-12-6-7-13(14(9-12)20(22)23)18-16(21)11-5-8-15(17-10-11)19(2)3/h5-10H,4H2,1-3H3,(H,18,21). The summed E-state index contributed by atoms with van der Waals surface area (Å²) in [6.07, 6.45) is 1.42. The van der Waals surface area contributed by atoms with E-state index in [1.54, 1.807) is 30.0 Å². The lowest BCUT2D eigenvalue weighted by Crippen LogP contribution is -2.15. The average molecular weight is 330 g/mol. The smallest absolute Gasteiger partial charge is 0.296 e. The van der Waals surface area contributed by atoms with E-state index in [0.29, 0.717) is 23.7 Å². The maximum absolute atomic E-state index is 12.3. The van der Waals surface area contributed by atoms with E-state index in [1.165, 1.54) is 18.3 Å². The summed E-state index contributed by atoms with van der Waals surface area (Å²) in [5.41, 5.74) is 0.182. The highest BCUT2D eigenvalue weighted by Crippen LogP contribution is 2.29. The Morgan fingerprint density at radius 2 is 2.08 bits per heavy atom. The average Bonchev–Trinajstić information content (AvgIpc) is 2.56. The molecular weight excluding hydrogens is 312 g/mol. The fourth-order valence-electron chi connectivity index (χ4n) is 2.00. The van der Waals surface area contributed by atoms with Crippen molar-refractivity contribution in [2.24, 2.45) is 0 Å². The first-order valence-corrected chi connectivity index (χ1v) is 7.28. The van der Waals surface area contributed by atoms with Crippen molar-refractivity contribution in [3.8, 4) is 5.75 Å². The van der Waals surface area contributed by atoms with Crippen LogP contribution in [0.2, 0.25) is 0 Å². The lowest BCUT2D eigenvalue weighted by molar-refractivity contribution is -0.384. The molecule has 0 saturated heterocycles. The van der Waals surface area contributed by atoms with E-state index in [9.17, 15) is 14.9 Å². The van der Waals surface area contributed by atoms with Crippen molar-refractivity contribution in [2.45, 2.75) is 6.92 Å². The topological polar surface area (TPSA) is 97.6 Å². The van der Waals surface area contributed by atoms with Gasteiger partial charge in [-0.25, -0.2) is 4.98 Å². The van der Waals surface area contributed by atoms with Crippen LogP contribution in [0.3, 0.4) is 0 Å². The predicted octanol–water partition coefficient (Wildman–Crippen LogP) is 2.71. The van der Waals surface area contributed by atoms with E-state index in [4.69, 9.17) is 4.74 Å². The highest BCUT2D eigenvalue weighted by atomic mass is 16.6. The molecule has 0 aliphatic rings. The van der Waals surface area contributed by atoms with Gasteiger partial charge in [0.25, 0.3) is 11.6 Å². The molecule has 0 bridgehead atoms. The Balaban J connectivity index is 2.23. The van der Waals surface area contributed by atoms with E-state index >= 15 is 0 Å². The van der Waals surface area contributed by atoms with Crippen molar-refractivity contribution >= 4 is 23.1 Å². The van der Waals surface area contributed by atoms with Crippen LogP contribution in [0.1, 0.15) is 17.3 Å². The van der Waals surface area contributed by atoms with Crippen LogP contribution in [0.5, 0.6) is 5.75 Å². The van der Waals surface area contributed by atoms with Crippen LogP contribution in [0, 0.1) is 10.1 Å². The Morgan fingerprint density at radius 3 is 2.62 bits per heavy atom. The summed E-state index contributed by atoms with van der Waals surface area (Å²) in [5.74, 6) is 0.609. The minimum absolute atomic E-state index is 0.102. The van der Waals surface area contributed by atoms with Gasteiger partial charge in [0, 0.05) is 20.3 Å². The summed E-state index contributed by atoms with van der Waals surface area (Å²) >= 11 is 0. The number of ether oxygens (including phenoxy) is 1. The molecule has 8 nitrogen and oxygen atoms in total. The quantitative estimate of drug-likeness (QED) is 0.646. The van der Waals surface area contributed by atoms with Gasteiger partial charge in [-0.3, -0.25) is 14.9 Å². The molecular formula is C16H18N4O4. The van der Waals surface area contributed by atoms with E-state index in [2.05, 4.69) is 10.3 Å². The molecule has 0 aliphatic heterocycles. The van der Waals surface area contributed by atoms with E-state index in [-0.39, 0.29) is 11.4 Å². The number of nitrogens with zero attached hydrogens (tertiary/aromatic N) is 3. The number of nitro benzene ring substituents is 1. The third kappa shape index (κ3) is 3.97. The third-order valence-corrected chi connectivity index (χ3v) is 3.19. The van der Waals surface area contributed by atoms with E-state index in [0.717, 1.165) is 0 Å². The van der Waals surface area contributed by atoms with Crippen molar-refractivity contribution in [3.05, 3.63) is 52.2 Å². The van der Waals surface area contributed by atoms with Crippen molar-refractivity contribution in [1.82, 2.24) is 4.98 Å². The summed E-state index contributed by atoms with van der Waals surface area (Å²) in [7, 11) is 3.68. The molecule has 1 heterocycles. The lowest BCUT2D eigenvalue weighted by atomic mass is 10.2. The first-order valence-electron chi connectivity index (χ1n) is 7.28. The number of anilines is 2. The number of amides is 1. The number of hydrogen-bond acceptors (Lipinski definition) is 6. The van der Waals surface area contributed by atoms with Gasteiger partial charge in [-0.15, -0.1) is 0 Å². The molecule has 0 unspecified atom stereocenters. The normalized spacial score (nSPS) is 10.1. The SMILES string of the molecule is CCOc1ccc(NC(=O)c2ccc(N(C)C)nc2)c([N+](=O)[O-])c1. The van der Waals surface area contributed by atoms with E-state index < -0.39 is 10.8 Å². The highest BCUT2D eigenvalue weighted by Gasteiger charge is 2.18. The minimum atomic E-state index is -0.564. The zero-order valence-corrected chi connectivity index (χ0v) is 13.6. The van der Waals surface area contributed by atoms with Crippen LogP contribution >= 0.6 is 0 Å². The van der Waals surface area contributed by atoms with Crippen molar-refractivity contribution in [3.63, 3.8) is 0 Å². The number of hydrogen-bond donors (Lipinski definition) is 1. The molecule has 1 amide bonds. The zero-order chi connectivity index (χ0) is 17.7. The fourth-order valence-corrected chi connectivity index (χ4v) is 2.00. The molecule has 2 rings (SSSR count). The number of carbonyl (C=O) groups excluding carboxylic acids is 1. The Morgan fingerprint density at radius 1 is 1.33 bits per heavy atom. The summed E-state index contributed by atoms with van der Waals surface area (Å²) in [6, 6.07) is 7.61. The van der Waals surface area contributed by atoms with Crippen molar-refractivity contribution < 1.29 is 14.5 Å². The largest absolute Gasteiger partial charge is 0.494 e. The van der Waals surface area contributed by atoms with Crippen LogP contribution in [-0.4, -0.2) is 36.5 Å². The predicted molar refractivity (Wildman–Crippen MR) is 90.8 cm³/mol. The number of pyridine rings is 1. The van der Waals surface area contributed by atoms with Crippen molar-refractivity contribution in [1.29, 1.82) is 0 Å². The number of nitrogens with one attached hydrogen (secondary N) is 1. The first-order chi connectivity index (χ1) is 11.4. The zero-order valence-electron chi connectivity index (χ0n) is 13.6. The fraction of sp³-hybridized carbons (Fsp3) is 0.250. The number of nitro groups is 1. The Labute approximate surface area is 139 Å². The second-order valence-electron chi connectivity index (χ2n) is 5.12. The van der Waals surface area contributed by atoms with E-state index in [1.807, 2.05) is 14.1 Å². The minimum Gasteiger partial charge on any atom is -0.494 e. The molecule has 0 fully saturated rings. The monoisotopic (exact) mass is 330 g/mol. The maximum atomic E-state index is 12.3. The number of aromatic nitrogens is 1. The van der Waals surface area contributed by atoms with Gasteiger partial charge in [-0.2, -0.15) is 0 Å². The molecule has 0 radical (unpaired) electrons. The number of benzene rings is 1. The molecule has 1 aromatic carbocycles. The summed E-state index contributed by atoms with van der Waals surface area (Å²) < 4.78 is 5.25. The molecule has 8 heteroatoms. The molecule has 0 aliphatic carbocycles. The van der Waals surface area contributed by atoms with Gasteiger partial charge in [-0.1, -0.05) is 0 Å². The molecule has 1 aromatic heterocycles. The number of carbonyl (C=O) groups is 1. The third-order valence-electron chi connectivity index (χ3n) is 3.19. The van der Waals surface area contributed by atoms with Crippen LogP contribution in [0.4, 0.5) is 17.2 Å². The molecule has 1 N–H and O–H groups in total. The summed E-state index contributed by atoms with van der Waals surface area (Å²) in [6.45, 7) is 2.18. The highest BCUT2D eigenvalue weighted by molar-refractivity contribution is 6.05. The first kappa shape index (κ1) is 17.2. The molecule has 24 heavy (non-hydrogen) atoms. The second kappa shape index (κ2) is 7.40. The van der Waals surface area contributed by atoms with Crippen LogP contribution < -0.4 is 15.0 Å². The Kier molecular flexibility index (Phi) is 5.31. The van der Waals surface area contributed by atoms with Crippen LogP contribution in [0.15, 0.2) is 36.5 Å². The Hall–Kier alpha value is -3.16. The molecule has 126 valence electrons. The summed E-state index contributed by atoms with van der Waals surface area (Å²) in [5, 5.41) is 13.7. The van der Waals surface area contributed by atoms with Gasteiger partial charge < -0.3 is 15.0 Å². The van der Waals surface area contributed by atoms with Gasteiger partial charge in [0.1, 0.15) is 17.3 Å².